The molecular weight excluding hydrogens is 404 g/mol. The van der Waals surface area contributed by atoms with Crippen LogP contribution in [0.1, 0.15) is 37.9 Å². The fourth-order valence-corrected chi connectivity index (χ4v) is 3.66. The molecule has 0 saturated carbocycles. The van der Waals surface area contributed by atoms with Crippen LogP contribution >= 0.6 is 11.6 Å². The van der Waals surface area contributed by atoms with Crippen molar-refractivity contribution in [3.05, 3.63) is 76.0 Å². The number of esters is 1. The molecule has 2 aromatic rings. The summed E-state index contributed by atoms with van der Waals surface area (Å²) >= 11 is 6.26. The first-order valence-corrected chi connectivity index (χ1v) is 10.3. The highest BCUT2D eigenvalue weighted by Gasteiger charge is 2.37. The second-order valence-electron chi connectivity index (χ2n) is 6.80. The van der Waals surface area contributed by atoms with Gasteiger partial charge in [0.2, 0.25) is 0 Å². The number of halogens is 1. The quantitative estimate of drug-likeness (QED) is 0.640. The Morgan fingerprint density at radius 1 is 1.17 bits per heavy atom. The van der Waals surface area contributed by atoms with Gasteiger partial charge in [-0.2, -0.15) is 0 Å². The number of allylic oxidation sites excluding steroid dienone is 1. The Kier molecular flexibility index (Phi) is 7.00. The Morgan fingerprint density at radius 2 is 1.90 bits per heavy atom. The van der Waals surface area contributed by atoms with Crippen molar-refractivity contribution in [3.8, 4) is 5.75 Å². The molecule has 1 atom stereocenters. The van der Waals surface area contributed by atoms with Crippen LogP contribution in [-0.2, 0) is 16.1 Å². The number of nitrogens with one attached hydrogen (secondary N) is 1. The molecule has 0 unspecified atom stereocenters. The highest BCUT2D eigenvalue weighted by molar-refractivity contribution is 6.30. The largest absolute Gasteiger partial charge is 0.489 e. The zero-order valence-corrected chi connectivity index (χ0v) is 18.0. The van der Waals surface area contributed by atoms with E-state index in [1.54, 1.807) is 32.0 Å². The lowest BCUT2D eigenvalue weighted by Gasteiger charge is -2.35. The van der Waals surface area contributed by atoms with Gasteiger partial charge < -0.3 is 14.8 Å². The molecule has 1 heterocycles. The van der Waals surface area contributed by atoms with Gasteiger partial charge >= 0.3 is 12.0 Å². The van der Waals surface area contributed by atoms with E-state index in [0.717, 1.165) is 5.56 Å². The summed E-state index contributed by atoms with van der Waals surface area (Å²) in [7, 11) is 0. The molecule has 2 aromatic carbocycles. The predicted octanol–water partition coefficient (Wildman–Crippen LogP) is 4.84. The summed E-state index contributed by atoms with van der Waals surface area (Å²) in [6.45, 7) is 6.34. The number of ether oxygens (including phenoxy) is 2. The average Bonchev–Trinajstić information content (AvgIpc) is 2.73. The number of urea groups is 1. The third-order valence-corrected chi connectivity index (χ3v) is 5.16. The van der Waals surface area contributed by atoms with Crippen molar-refractivity contribution in [1.82, 2.24) is 10.2 Å². The zero-order valence-electron chi connectivity index (χ0n) is 17.3. The maximum Gasteiger partial charge on any atom is 0.338 e. The topological polar surface area (TPSA) is 67.9 Å². The maximum atomic E-state index is 12.8. The van der Waals surface area contributed by atoms with Gasteiger partial charge in [0.1, 0.15) is 12.4 Å². The van der Waals surface area contributed by atoms with Crippen LogP contribution in [0.5, 0.6) is 5.75 Å². The van der Waals surface area contributed by atoms with Crippen molar-refractivity contribution >= 4 is 23.6 Å². The highest BCUT2D eigenvalue weighted by atomic mass is 35.5. The standard InChI is InChI=1S/C23H25ClN2O4/c1-4-26-15(3)20(22(27)29-5-2)21(25-23(26)28)18-13-17(24)11-12-19(18)30-14-16-9-7-6-8-10-16/h6-13,21H,4-5,14H2,1-3H3,(H,25,28)/t21-/m0/s1. The smallest absolute Gasteiger partial charge is 0.338 e. The molecule has 0 aliphatic carbocycles. The van der Waals surface area contributed by atoms with E-state index >= 15 is 0 Å². The summed E-state index contributed by atoms with van der Waals surface area (Å²) in [6, 6.07) is 13.9. The molecule has 0 saturated heterocycles. The lowest BCUT2D eigenvalue weighted by Crippen LogP contribution is -2.48. The van der Waals surface area contributed by atoms with E-state index in [1.807, 2.05) is 37.3 Å². The molecule has 3 rings (SSSR count). The van der Waals surface area contributed by atoms with Gasteiger partial charge in [-0.05, 0) is 44.5 Å². The molecule has 0 fully saturated rings. The van der Waals surface area contributed by atoms with E-state index in [2.05, 4.69) is 5.32 Å². The van der Waals surface area contributed by atoms with Crippen LogP contribution in [0.3, 0.4) is 0 Å². The molecule has 2 amide bonds. The van der Waals surface area contributed by atoms with Gasteiger partial charge in [0.15, 0.2) is 0 Å². The molecule has 0 aromatic heterocycles. The number of nitrogens with zero attached hydrogens (tertiary/aromatic N) is 1. The molecular formula is C23H25ClN2O4. The monoisotopic (exact) mass is 428 g/mol. The zero-order chi connectivity index (χ0) is 21.7. The van der Waals surface area contributed by atoms with Gasteiger partial charge in [0, 0.05) is 22.8 Å². The van der Waals surface area contributed by atoms with Crippen LogP contribution < -0.4 is 10.1 Å². The molecule has 1 aliphatic rings. The molecule has 158 valence electrons. The molecule has 0 bridgehead atoms. The maximum absolute atomic E-state index is 12.8. The van der Waals surface area contributed by atoms with Crippen molar-refractivity contribution in [3.63, 3.8) is 0 Å². The second-order valence-corrected chi connectivity index (χ2v) is 7.24. The van der Waals surface area contributed by atoms with Crippen LogP contribution in [0.4, 0.5) is 4.79 Å². The molecule has 0 spiro atoms. The van der Waals surface area contributed by atoms with Gasteiger partial charge in [-0.3, -0.25) is 4.90 Å². The Bertz CT molecular complexity index is 959. The minimum Gasteiger partial charge on any atom is -0.489 e. The first-order chi connectivity index (χ1) is 14.5. The highest BCUT2D eigenvalue weighted by Crippen LogP contribution is 2.37. The summed E-state index contributed by atoms with van der Waals surface area (Å²) in [5, 5.41) is 3.39. The molecule has 0 radical (unpaired) electrons. The van der Waals surface area contributed by atoms with E-state index in [-0.39, 0.29) is 12.6 Å². The Balaban J connectivity index is 2.03. The van der Waals surface area contributed by atoms with Gasteiger partial charge in [0.05, 0.1) is 18.2 Å². The Hall–Kier alpha value is -2.99. The van der Waals surface area contributed by atoms with E-state index in [0.29, 0.717) is 40.8 Å². The number of amides is 2. The van der Waals surface area contributed by atoms with Crippen molar-refractivity contribution in [2.24, 2.45) is 0 Å². The van der Waals surface area contributed by atoms with Gasteiger partial charge in [0.25, 0.3) is 0 Å². The van der Waals surface area contributed by atoms with Crippen molar-refractivity contribution in [1.29, 1.82) is 0 Å². The van der Waals surface area contributed by atoms with E-state index in [9.17, 15) is 9.59 Å². The lowest BCUT2D eigenvalue weighted by molar-refractivity contribution is -0.139. The van der Waals surface area contributed by atoms with Crippen LogP contribution in [0.15, 0.2) is 59.8 Å². The van der Waals surface area contributed by atoms with E-state index in [1.165, 1.54) is 4.90 Å². The summed E-state index contributed by atoms with van der Waals surface area (Å²) in [5.74, 6) is 0.0561. The number of rotatable bonds is 7. The molecule has 1 aliphatic heterocycles. The second kappa shape index (κ2) is 9.67. The predicted molar refractivity (Wildman–Crippen MR) is 115 cm³/mol. The van der Waals surface area contributed by atoms with Crippen LogP contribution in [0.2, 0.25) is 5.02 Å². The molecule has 7 heteroatoms. The Labute approximate surface area is 181 Å². The van der Waals surface area contributed by atoms with Crippen molar-refractivity contribution in [2.75, 3.05) is 13.2 Å². The van der Waals surface area contributed by atoms with Crippen molar-refractivity contribution in [2.45, 2.75) is 33.4 Å². The van der Waals surface area contributed by atoms with Crippen LogP contribution in [-0.4, -0.2) is 30.1 Å². The molecule has 30 heavy (non-hydrogen) atoms. The summed E-state index contributed by atoms with van der Waals surface area (Å²) in [6.07, 6.45) is 0. The fraction of sp³-hybridized carbons (Fsp3) is 0.304. The lowest BCUT2D eigenvalue weighted by atomic mass is 9.94. The first kappa shape index (κ1) is 21.7. The minimum atomic E-state index is -0.733. The molecule has 6 nitrogen and oxygen atoms in total. The molecule has 1 N–H and O–H groups in total. The van der Waals surface area contributed by atoms with Gasteiger partial charge in [-0.15, -0.1) is 0 Å². The third kappa shape index (κ3) is 4.60. The number of hydrogen-bond donors (Lipinski definition) is 1. The van der Waals surface area contributed by atoms with E-state index < -0.39 is 12.0 Å². The SMILES string of the molecule is CCOC(=O)C1=C(C)N(CC)C(=O)N[C@H]1c1cc(Cl)ccc1OCc1ccccc1. The summed E-state index contributed by atoms with van der Waals surface area (Å²) in [4.78, 5) is 27.0. The Morgan fingerprint density at radius 3 is 2.57 bits per heavy atom. The number of carbonyl (C=O) groups excluding carboxylic acids is 2. The normalized spacial score (nSPS) is 16.3. The van der Waals surface area contributed by atoms with Crippen molar-refractivity contribution < 1.29 is 19.1 Å². The average molecular weight is 429 g/mol. The summed E-state index contributed by atoms with van der Waals surface area (Å²) in [5.41, 5.74) is 2.52. The number of benzene rings is 2. The number of hydrogen-bond acceptors (Lipinski definition) is 4. The van der Waals surface area contributed by atoms with Gasteiger partial charge in [-0.1, -0.05) is 41.9 Å². The number of carbonyl (C=O) groups is 2. The van der Waals surface area contributed by atoms with E-state index in [4.69, 9.17) is 21.1 Å². The van der Waals surface area contributed by atoms with Crippen LogP contribution in [0, 0.1) is 0 Å². The third-order valence-electron chi connectivity index (χ3n) is 4.93. The first-order valence-electron chi connectivity index (χ1n) is 9.88. The van der Waals surface area contributed by atoms with Gasteiger partial charge in [-0.25, -0.2) is 9.59 Å². The minimum absolute atomic E-state index is 0.231. The van der Waals surface area contributed by atoms with Crippen LogP contribution in [0.25, 0.3) is 0 Å². The summed E-state index contributed by atoms with van der Waals surface area (Å²) < 4.78 is 11.3. The fourth-order valence-electron chi connectivity index (χ4n) is 3.48.